The molecule has 24 heavy (non-hydrogen) atoms. The third kappa shape index (κ3) is 6.45. The summed E-state index contributed by atoms with van der Waals surface area (Å²) in [4.78, 5) is 17.0. The highest BCUT2D eigenvalue weighted by Gasteiger charge is 2.04. The predicted octanol–water partition coefficient (Wildman–Crippen LogP) is 2.26. The topological polar surface area (TPSA) is 78.7 Å². The Morgan fingerprint density at radius 2 is 2.12 bits per heavy atom. The van der Waals surface area contributed by atoms with Crippen LogP contribution in [-0.2, 0) is 6.42 Å². The first kappa shape index (κ1) is 18.1. The molecule has 1 amide bonds. The molecule has 0 fully saturated rings. The van der Waals surface area contributed by atoms with E-state index in [1.807, 2.05) is 36.6 Å². The van der Waals surface area contributed by atoms with E-state index < -0.39 is 0 Å². The lowest BCUT2D eigenvalue weighted by molar-refractivity contribution is 0.0957. The third-order valence-corrected chi connectivity index (χ3v) is 4.09. The Labute approximate surface area is 146 Å². The zero-order valence-corrected chi connectivity index (χ0v) is 14.7. The van der Waals surface area contributed by atoms with Gasteiger partial charge in [0.05, 0.1) is 11.1 Å². The van der Waals surface area contributed by atoms with Crippen LogP contribution in [0.25, 0.3) is 0 Å². The first-order valence-corrected chi connectivity index (χ1v) is 9.04. The summed E-state index contributed by atoms with van der Waals surface area (Å²) in [7, 11) is 0. The van der Waals surface area contributed by atoms with Crippen LogP contribution in [0.4, 0.5) is 0 Å². The van der Waals surface area contributed by atoms with Crippen molar-refractivity contribution >= 4 is 23.2 Å². The molecule has 0 atom stereocenters. The van der Waals surface area contributed by atoms with Crippen LogP contribution in [0.15, 0.2) is 45.3 Å². The molecule has 7 heteroatoms. The number of rotatable bonds is 9. The van der Waals surface area contributed by atoms with E-state index in [0.717, 1.165) is 42.5 Å². The van der Waals surface area contributed by atoms with Crippen LogP contribution in [0.3, 0.4) is 0 Å². The summed E-state index contributed by atoms with van der Waals surface area (Å²) < 4.78 is 5.30. The van der Waals surface area contributed by atoms with Gasteiger partial charge in [0.15, 0.2) is 5.96 Å². The lowest BCUT2D eigenvalue weighted by atomic mass is 10.3. The summed E-state index contributed by atoms with van der Waals surface area (Å²) in [5, 5.41) is 11.3. The van der Waals surface area contributed by atoms with Gasteiger partial charge in [-0.2, -0.15) is 0 Å². The Morgan fingerprint density at radius 3 is 2.83 bits per heavy atom. The number of nitrogens with zero attached hydrogens (tertiary/aromatic N) is 1. The van der Waals surface area contributed by atoms with Crippen LogP contribution in [0.5, 0.6) is 0 Å². The monoisotopic (exact) mass is 348 g/mol. The number of aliphatic imine (C=N–C) groups is 1. The predicted molar refractivity (Wildman–Crippen MR) is 97.7 cm³/mol. The largest absolute Gasteiger partial charge is 0.469 e. The number of guanidine groups is 1. The van der Waals surface area contributed by atoms with E-state index in [2.05, 4.69) is 20.9 Å². The molecule has 6 nitrogen and oxygen atoms in total. The van der Waals surface area contributed by atoms with Crippen LogP contribution in [0.1, 0.15) is 28.8 Å². The molecule has 130 valence electrons. The second-order valence-electron chi connectivity index (χ2n) is 5.10. The minimum atomic E-state index is -0.0162. The molecule has 0 spiro atoms. The van der Waals surface area contributed by atoms with Crippen molar-refractivity contribution in [2.75, 3.05) is 26.2 Å². The molecule has 2 aromatic rings. The van der Waals surface area contributed by atoms with Gasteiger partial charge in [-0.15, -0.1) is 11.3 Å². The van der Waals surface area contributed by atoms with Gasteiger partial charge in [-0.05, 0) is 36.9 Å². The van der Waals surface area contributed by atoms with Gasteiger partial charge in [0.25, 0.3) is 5.91 Å². The van der Waals surface area contributed by atoms with E-state index >= 15 is 0 Å². The smallest absolute Gasteiger partial charge is 0.261 e. The van der Waals surface area contributed by atoms with Crippen LogP contribution < -0.4 is 16.0 Å². The van der Waals surface area contributed by atoms with E-state index in [1.54, 1.807) is 6.26 Å². The molecule has 0 radical (unpaired) electrons. The number of nitrogens with one attached hydrogen (secondary N) is 3. The first-order valence-electron chi connectivity index (χ1n) is 8.16. The summed E-state index contributed by atoms with van der Waals surface area (Å²) in [5.74, 6) is 1.72. The molecule has 0 saturated heterocycles. The maximum atomic E-state index is 11.8. The Kier molecular flexibility index (Phi) is 7.89. The molecule has 0 bridgehead atoms. The van der Waals surface area contributed by atoms with Gasteiger partial charge in [0.1, 0.15) is 5.76 Å². The molecule has 0 unspecified atom stereocenters. The lowest BCUT2D eigenvalue weighted by Crippen LogP contribution is -2.38. The second-order valence-corrected chi connectivity index (χ2v) is 6.05. The number of carbonyl (C=O) groups is 1. The molecule has 0 aliphatic heterocycles. The van der Waals surface area contributed by atoms with Crippen LogP contribution in [0, 0.1) is 0 Å². The molecule has 2 heterocycles. The Hall–Kier alpha value is -2.28. The standard InChI is InChI=1S/C17H24N4O2S/c1-2-18-17(21-11-8-14-6-3-12-23-14)20-10-5-9-19-16(22)15-7-4-13-24-15/h3-4,6-7,12-13H,2,5,8-11H2,1H3,(H,19,22)(H2,18,20,21). The van der Waals surface area contributed by atoms with Gasteiger partial charge in [0.2, 0.25) is 0 Å². The number of hydrogen-bond donors (Lipinski definition) is 3. The maximum absolute atomic E-state index is 11.8. The van der Waals surface area contributed by atoms with Gasteiger partial charge in [-0.1, -0.05) is 6.07 Å². The molecule has 2 rings (SSSR count). The van der Waals surface area contributed by atoms with Crippen LogP contribution in [0.2, 0.25) is 0 Å². The molecule has 0 aromatic carbocycles. The molecule has 3 N–H and O–H groups in total. The minimum absolute atomic E-state index is 0.0162. The van der Waals surface area contributed by atoms with Gasteiger partial charge in [-0.25, -0.2) is 0 Å². The highest BCUT2D eigenvalue weighted by molar-refractivity contribution is 7.12. The fourth-order valence-corrected chi connectivity index (χ4v) is 2.71. The van der Waals surface area contributed by atoms with Gasteiger partial charge >= 0.3 is 0 Å². The SMILES string of the molecule is CCNC(=NCCCNC(=O)c1cccs1)NCCc1ccco1. The number of hydrogen-bond acceptors (Lipinski definition) is 4. The van der Waals surface area contributed by atoms with Crippen molar-refractivity contribution < 1.29 is 9.21 Å². The zero-order valence-electron chi connectivity index (χ0n) is 13.9. The van der Waals surface area contributed by atoms with Gasteiger partial charge < -0.3 is 20.4 Å². The van der Waals surface area contributed by atoms with E-state index in [-0.39, 0.29) is 5.91 Å². The summed E-state index contributed by atoms with van der Waals surface area (Å²) in [6.07, 6.45) is 3.29. The molecule has 0 aliphatic rings. The molecular formula is C17H24N4O2S. The summed E-state index contributed by atoms with van der Waals surface area (Å²) in [6, 6.07) is 7.55. The minimum Gasteiger partial charge on any atom is -0.469 e. The second kappa shape index (κ2) is 10.5. The molecule has 0 aliphatic carbocycles. The van der Waals surface area contributed by atoms with Crippen molar-refractivity contribution in [3.8, 4) is 0 Å². The summed E-state index contributed by atoms with van der Waals surface area (Å²) in [6.45, 7) is 4.87. The van der Waals surface area contributed by atoms with E-state index in [0.29, 0.717) is 13.1 Å². The van der Waals surface area contributed by atoms with Gasteiger partial charge in [-0.3, -0.25) is 9.79 Å². The Balaban J connectivity index is 1.63. The highest BCUT2D eigenvalue weighted by atomic mass is 32.1. The quantitative estimate of drug-likeness (QED) is 0.369. The fraction of sp³-hybridized carbons (Fsp3) is 0.412. The average molecular weight is 348 g/mol. The summed E-state index contributed by atoms with van der Waals surface area (Å²) in [5.41, 5.74) is 0. The van der Waals surface area contributed by atoms with E-state index in [1.165, 1.54) is 11.3 Å². The number of carbonyl (C=O) groups excluding carboxylic acids is 1. The maximum Gasteiger partial charge on any atom is 0.261 e. The van der Waals surface area contributed by atoms with Crippen molar-refractivity contribution in [1.82, 2.24) is 16.0 Å². The van der Waals surface area contributed by atoms with E-state index in [4.69, 9.17) is 4.42 Å². The number of amides is 1. The number of furan rings is 1. The average Bonchev–Trinajstić information content (AvgIpc) is 3.28. The molecule has 0 saturated carbocycles. The van der Waals surface area contributed by atoms with Crippen molar-refractivity contribution in [3.63, 3.8) is 0 Å². The highest BCUT2D eigenvalue weighted by Crippen LogP contribution is 2.07. The van der Waals surface area contributed by atoms with E-state index in [9.17, 15) is 4.79 Å². The van der Waals surface area contributed by atoms with Crippen molar-refractivity contribution in [2.45, 2.75) is 19.8 Å². The lowest BCUT2D eigenvalue weighted by Gasteiger charge is -2.10. The zero-order chi connectivity index (χ0) is 17.0. The van der Waals surface area contributed by atoms with Crippen molar-refractivity contribution in [1.29, 1.82) is 0 Å². The third-order valence-electron chi connectivity index (χ3n) is 3.22. The van der Waals surface area contributed by atoms with Crippen LogP contribution in [-0.4, -0.2) is 38.0 Å². The number of thiophene rings is 1. The molecular weight excluding hydrogens is 324 g/mol. The van der Waals surface area contributed by atoms with Crippen LogP contribution >= 0.6 is 11.3 Å². The van der Waals surface area contributed by atoms with Crippen molar-refractivity contribution in [2.24, 2.45) is 4.99 Å². The Morgan fingerprint density at radius 1 is 1.21 bits per heavy atom. The normalized spacial score (nSPS) is 11.3. The molecule has 2 aromatic heterocycles. The fourth-order valence-electron chi connectivity index (χ4n) is 2.07. The van der Waals surface area contributed by atoms with Gasteiger partial charge in [0, 0.05) is 32.6 Å². The first-order chi connectivity index (χ1) is 11.8. The summed E-state index contributed by atoms with van der Waals surface area (Å²) >= 11 is 1.45. The Bertz CT molecular complexity index is 609. The van der Waals surface area contributed by atoms with Crippen molar-refractivity contribution in [3.05, 3.63) is 46.5 Å².